The highest BCUT2D eigenvalue weighted by Crippen LogP contribution is 2.15. The molecule has 1 aliphatic rings. The Morgan fingerprint density at radius 3 is 3.20 bits per heavy atom. The molecule has 2 N–H and O–H groups in total. The average Bonchev–Trinajstić information content (AvgIpc) is 2.81. The topological polar surface area (TPSA) is 65.4 Å². The summed E-state index contributed by atoms with van der Waals surface area (Å²) in [7, 11) is 0. The van der Waals surface area contributed by atoms with Crippen LogP contribution < -0.4 is 5.32 Å². The molecule has 0 aliphatic carbocycles. The highest BCUT2D eigenvalue weighted by atomic mass is 35.5. The number of nitrogens with one attached hydrogen (secondary N) is 2. The van der Waals surface area contributed by atoms with Gasteiger partial charge in [-0.1, -0.05) is 0 Å². The monoisotopic (exact) mass is 225 g/mol. The molecule has 1 aromatic heterocycles. The van der Waals surface area contributed by atoms with E-state index in [4.69, 9.17) is 11.6 Å². The van der Waals surface area contributed by atoms with E-state index in [2.05, 4.69) is 25.3 Å². The average molecular weight is 226 g/mol. The minimum absolute atomic E-state index is 0.146. The van der Waals surface area contributed by atoms with Gasteiger partial charge in [0, 0.05) is 31.9 Å². The molecule has 0 amide bonds. The van der Waals surface area contributed by atoms with Crippen LogP contribution in [0.15, 0.2) is 22.5 Å². The second kappa shape index (κ2) is 4.93. The van der Waals surface area contributed by atoms with Crippen LogP contribution in [0.5, 0.6) is 0 Å². The van der Waals surface area contributed by atoms with Gasteiger partial charge in [0.25, 0.3) is 0 Å². The van der Waals surface area contributed by atoms with Crippen molar-refractivity contribution < 1.29 is 0 Å². The summed E-state index contributed by atoms with van der Waals surface area (Å²) in [5.41, 5.74) is 0.893. The fourth-order valence-electron chi connectivity index (χ4n) is 1.25. The molecule has 80 valence electrons. The van der Waals surface area contributed by atoms with Gasteiger partial charge in [0.05, 0.1) is 17.4 Å². The molecule has 0 saturated heterocycles. The number of aliphatic imine (C=N–C) groups is 2. The summed E-state index contributed by atoms with van der Waals surface area (Å²) >= 11 is 6.13. The number of aromatic amines is 1. The Labute approximate surface area is 92.7 Å². The fourth-order valence-corrected chi connectivity index (χ4v) is 1.45. The predicted molar refractivity (Wildman–Crippen MR) is 60.6 cm³/mol. The first-order valence-electron chi connectivity index (χ1n) is 4.79. The summed E-state index contributed by atoms with van der Waals surface area (Å²) in [5, 5.41) is 2.94. The van der Waals surface area contributed by atoms with Crippen molar-refractivity contribution in [2.75, 3.05) is 13.1 Å². The molecule has 0 bridgehead atoms. The Kier molecular flexibility index (Phi) is 3.34. The lowest BCUT2D eigenvalue weighted by atomic mass is 10.3. The maximum absolute atomic E-state index is 6.13. The molecular formula is C9H12ClN5. The van der Waals surface area contributed by atoms with Crippen molar-refractivity contribution >= 4 is 23.8 Å². The number of rotatable bonds is 3. The summed E-state index contributed by atoms with van der Waals surface area (Å²) in [4.78, 5) is 15.2. The van der Waals surface area contributed by atoms with E-state index in [0.29, 0.717) is 12.5 Å². The molecule has 5 nitrogen and oxygen atoms in total. The van der Waals surface area contributed by atoms with E-state index in [1.807, 2.05) is 6.21 Å². The zero-order valence-electron chi connectivity index (χ0n) is 8.15. The molecule has 1 aliphatic heterocycles. The third kappa shape index (κ3) is 2.79. The van der Waals surface area contributed by atoms with E-state index in [0.717, 1.165) is 18.7 Å². The Hall–Kier alpha value is -1.36. The number of H-pyrrole nitrogens is 1. The fraction of sp³-hybridized carbons (Fsp3) is 0.444. The molecule has 1 unspecified atom stereocenters. The molecule has 0 radical (unpaired) electrons. The van der Waals surface area contributed by atoms with Gasteiger partial charge in [0.15, 0.2) is 0 Å². The first-order valence-corrected chi connectivity index (χ1v) is 5.23. The van der Waals surface area contributed by atoms with Gasteiger partial charge >= 0.3 is 0 Å². The van der Waals surface area contributed by atoms with Crippen LogP contribution in [0.25, 0.3) is 0 Å². The van der Waals surface area contributed by atoms with E-state index in [1.54, 1.807) is 12.5 Å². The van der Waals surface area contributed by atoms with Crippen LogP contribution in [0.3, 0.4) is 0 Å². The summed E-state index contributed by atoms with van der Waals surface area (Å²) in [6, 6.07) is 0. The minimum Gasteiger partial charge on any atom is -0.353 e. The summed E-state index contributed by atoms with van der Waals surface area (Å²) in [6.45, 7) is 1.38. The number of halogens is 1. The van der Waals surface area contributed by atoms with Gasteiger partial charge < -0.3 is 10.3 Å². The molecule has 1 atom stereocenters. The standard InChI is InChI=1S/C9H12ClN5/c10-7(8-5-11-6-15-8)4-14-9-12-2-1-3-13-9/h2,5-7H,1,3-4H2,(H,11,15)(H,13,14). The molecule has 0 spiro atoms. The second-order valence-corrected chi connectivity index (χ2v) is 3.69. The third-order valence-electron chi connectivity index (χ3n) is 2.03. The zero-order valence-corrected chi connectivity index (χ0v) is 8.91. The SMILES string of the molecule is ClC(CNC1=NCCC=N1)c1cnc[nH]1. The normalized spacial score (nSPS) is 17.3. The lowest BCUT2D eigenvalue weighted by Crippen LogP contribution is -2.27. The number of hydrogen-bond donors (Lipinski definition) is 2. The van der Waals surface area contributed by atoms with Crippen molar-refractivity contribution in [2.24, 2.45) is 9.98 Å². The lowest BCUT2D eigenvalue weighted by molar-refractivity contribution is 0.805. The molecule has 15 heavy (non-hydrogen) atoms. The van der Waals surface area contributed by atoms with E-state index >= 15 is 0 Å². The molecule has 6 heteroatoms. The molecule has 2 heterocycles. The van der Waals surface area contributed by atoms with Crippen molar-refractivity contribution in [3.05, 3.63) is 18.2 Å². The summed E-state index contributed by atoms with van der Waals surface area (Å²) in [5.74, 6) is 0.659. The summed E-state index contributed by atoms with van der Waals surface area (Å²) in [6.07, 6.45) is 6.09. The van der Waals surface area contributed by atoms with Gasteiger partial charge in [-0.3, -0.25) is 4.99 Å². The van der Waals surface area contributed by atoms with E-state index < -0.39 is 0 Å². The van der Waals surface area contributed by atoms with Crippen LogP contribution in [0.4, 0.5) is 0 Å². The Balaban J connectivity index is 1.83. The molecule has 0 aromatic carbocycles. The van der Waals surface area contributed by atoms with Crippen LogP contribution in [0.2, 0.25) is 0 Å². The molecule has 0 fully saturated rings. The smallest absolute Gasteiger partial charge is 0.217 e. The van der Waals surface area contributed by atoms with Gasteiger partial charge in [-0.15, -0.1) is 11.6 Å². The van der Waals surface area contributed by atoms with Crippen molar-refractivity contribution in [1.29, 1.82) is 0 Å². The van der Waals surface area contributed by atoms with Crippen LogP contribution in [-0.4, -0.2) is 35.2 Å². The van der Waals surface area contributed by atoms with Gasteiger partial charge in [-0.25, -0.2) is 9.98 Å². The first kappa shape index (κ1) is 10.2. The number of alkyl halides is 1. The highest BCUT2D eigenvalue weighted by Gasteiger charge is 2.09. The number of imidazole rings is 1. The van der Waals surface area contributed by atoms with Crippen molar-refractivity contribution in [2.45, 2.75) is 11.8 Å². The van der Waals surface area contributed by atoms with Crippen LogP contribution >= 0.6 is 11.6 Å². The lowest BCUT2D eigenvalue weighted by Gasteiger charge is -2.11. The molecule has 1 aromatic rings. The molecule has 0 saturated carbocycles. The maximum atomic E-state index is 6.13. The second-order valence-electron chi connectivity index (χ2n) is 3.16. The van der Waals surface area contributed by atoms with Crippen molar-refractivity contribution in [1.82, 2.24) is 15.3 Å². The Morgan fingerprint density at radius 2 is 2.53 bits per heavy atom. The minimum atomic E-state index is -0.146. The highest BCUT2D eigenvalue weighted by molar-refractivity contribution is 6.20. The van der Waals surface area contributed by atoms with Crippen LogP contribution in [0, 0.1) is 0 Å². The van der Waals surface area contributed by atoms with Crippen LogP contribution in [0.1, 0.15) is 17.5 Å². The third-order valence-corrected chi connectivity index (χ3v) is 2.42. The number of aromatic nitrogens is 2. The number of nitrogens with zero attached hydrogens (tertiary/aromatic N) is 3. The predicted octanol–water partition coefficient (Wildman–Crippen LogP) is 1.11. The van der Waals surface area contributed by atoms with E-state index in [9.17, 15) is 0 Å². The first-order chi connectivity index (χ1) is 7.36. The number of guanidine groups is 1. The largest absolute Gasteiger partial charge is 0.353 e. The maximum Gasteiger partial charge on any atom is 0.217 e. The van der Waals surface area contributed by atoms with Crippen molar-refractivity contribution in [3.8, 4) is 0 Å². The number of hydrogen-bond acceptors (Lipinski definition) is 4. The van der Waals surface area contributed by atoms with Gasteiger partial charge in [0.2, 0.25) is 5.96 Å². The van der Waals surface area contributed by atoms with Crippen molar-refractivity contribution in [3.63, 3.8) is 0 Å². The van der Waals surface area contributed by atoms with Gasteiger partial charge in [0.1, 0.15) is 0 Å². The van der Waals surface area contributed by atoms with E-state index in [-0.39, 0.29) is 5.38 Å². The zero-order chi connectivity index (χ0) is 10.5. The Bertz CT molecular complexity index is 357. The molecule has 2 rings (SSSR count). The molecular weight excluding hydrogens is 214 g/mol. The Morgan fingerprint density at radius 1 is 1.60 bits per heavy atom. The van der Waals surface area contributed by atoms with Crippen LogP contribution in [-0.2, 0) is 0 Å². The van der Waals surface area contributed by atoms with Gasteiger partial charge in [-0.05, 0) is 0 Å². The summed E-state index contributed by atoms with van der Waals surface area (Å²) < 4.78 is 0. The quantitative estimate of drug-likeness (QED) is 0.757. The van der Waals surface area contributed by atoms with E-state index in [1.165, 1.54) is 0 Å². The van der Waals surface area contributed by atoms with Gasteiger partial charge in [-0.2, -0.15) is 0 Å².